The first-order valence-corrected chi connectivity index (χ1v) is 8.11. The van der Waals surface area contributed by atoms with Crippen molar-refractivity contribution in [2.24, 2.45) is 0 Å². The van der Waals surface area contributed by atoms with Gasteiger partial charge in [0.1, 0.15) is 11.3 Å². The van der Waals surface area contributed by atoms with Gasteiger partial charge in [0.2, 0.25) is 5.28 Å². The highest BCUT2D eigenvalue weighted by atomic mass is 79.9. The van der Waals surface area contributed by atoms with Gasteiger partial charge in [0.05, 0.1) is 4.47 Å². The number of benzene rings is 1. The normalized spacial score (nSPS) is 24.8. The summed E-state index contributed by atoms with van der Waals surface area (Å²) >= 11 is 9.20. The molecule has 21 heavy (non-hydrogen) atoms. The lowest BCUT2D eigenvalue weighted by atomic mass is 10.2. The van der Waals surface area contributed by atoms with Crippen LogP contribution < -0.4 is 10.2 Å². The molecule has 0 radical (unpaired) electrons. The molecule has 2 aromatic rings. The zero-order chi connectivity index (χ0) is 14.6. The molecule has 110 valence electrons. The maximum atomic E-state index is 14.3. The monoisotopic (exact) mass is 370 g/mol. The van der Waals surface area contributed by atoms with E-state index in [0.717, 1.165) is 18.9 Å². The van der Waals surface area contributed by atoms with Crippen molar-refractivity contribution in [2.75, 3.05) is 18.0 Å². The second-order valence-electron chi connectivity index (χ2n) is 5.62. The van der Waals surface area contributed by atoms with E-state index in [1.165, 1.54) is 12.8 Å². The van der Waals surface area contributed by atoms with Gasteiger partial charge in [-0.3, -0.25) is 0 Å². The average molecular weight is 372 g/mol. The number of nitrogens with zero attached hydrogens (tertiary/aromatic N) is 3. The highest BCUT2D eigenvalue weighted by molar-refractivity contribution is 9.10. The highest BCUT2D eigenvalue weighted by Gasteiger charge is 2.33. The minimum atomic E-state index is -0.392. The van der Waals surface area contributed by atoms with E-state index < -0.39 is 5.82 Å². The lowest BCUT2D eigenvalue weighted by Gasteiger charge is -2.34. The Bertz CT molecular complexity index is 714. The molecule has 2 unspecified atom stereocenters. The number of hydrogen-bond donors (Lipinski definition) is 1. The molecule has 2 aliphatic heterocycles. The number of halogens is 3. The van der Waals surface area contributed by atoms with Crippen molar-refractivity contribution in [3.63, 3.8) is 0 Å². The molecule has 0 aliphatic carbocycles. The molecule has 1 aromatic carbocycles. The summed E-state index contributed by atoms with van der Waals surface area (Å²) < 4.78 is 14.6. The van der Waals surface area contributed by atoms with Gasteiger partial charge in [-0.2, -0.15) is 4.98 Å². The first-order chi connectivity index (χ1) is 10.1. The molecule has 7 heteroatoms. The van der Waals surface area contributed by atoms with Gasteiger partial charge in [0, 0.05) is 30.6 Å². The van der Waals surface area contributed by atoms with Crippen LogP contribution in [0.4, 0.5) is 10.2 Å². The molecule has 4 rings (SSSR count). The van der Waals surface area contributed by atoms with E-state index >= 15 is 0 Å². The van der Waals surface area contributed by atoms with Crippen molar-refractivity contribution < 1.29 is 4.39 Å². The van der Waals surface area contributed by atoms with E-state index in [-0.39, 0.29) is 10.8 Å². The van der Waals surface area contributed by atoms with Gasteiger partial charge in [-0.15, -0.1) is 0 Å². The van der Waals surface area contributed by atoms with Gasteiger partial charge in [0.15, 0.2) is 5.82 Å². The zero-order valence-corrected chi connectivity index (χ0v) is 13.5. The molecule has 0 amide bonds. The summed E-state index contributed by atoms with van der Waals surface area (Å²) in [4.78, 5) is 10.6. The second-order valence-corrected chi connectivity index (χ2v) is 6.81. The summed E-state index contributed by atoms with van der Waals surface area (Å²) in [6.07, 6.45) is 2.36. The number of hydrogen-bond acceptors (Lipinski definition) is 4. The van der Waals surface area contributed by atoms with Crippen LogP contribution >= 0.6 is 27.5 Å². The molecule has 2 fully saturated rings. The third kappa shape index (κ3) is 2.29. The fourth-order valence-electron chi connectivity index (χ4n) is 3.31. The molecule has 2 atom stereocenters. The smallest absolute Gasteiger partial charge is 0.225 e. The molecule has 0 spiro atoms. The molecule has 2 saturated heterocycles. The lowest BCUT2D eigenvalue weighted by Crippen LogP contribution is -2.51. The molecule has 1 N–H and O–H groups in total. The molecule has 4 nitrogen and oxygen atoms in total. The minimum Gasteiger partial charge on any atom is -0.353 e. The Kier molecular flexibility index (Phi) is 3.28. The number of anilines is 1. The Balaban J connectivity index is 1.86. The van der Waals surface area contributed by atoms with E-state index in [4.69, 9.17) is 11.6 Å². The maximum absolute atomic E-state index is 14.3. The number of nitrogens with one attached hydrogen (secondary N) is 1. The zero-order valence-electron chi connectivity index (χ0n) is 11.1. The minimum absolute atomic E-state index is 0.0837. The molecule has 2 aliphatic rings. The third-order valence-electron chi connectivity index (χ3n) is 4.23. The van der Waals surface area contributed by atoms with Gasteiger partial charge in [-0.1, -0.05) is 0 Å². The average Bonchev–Trinajstić information content (AvgIpc) is 2.81. The molecule has 0 saturated carbocycles. The fourth-order valence-corrected chi connectivity index (χ4v) is 3.79. The van der Waals surface area contributed by atoms with Crippen LogP contribution in [0.15, 0.2) is 16.6 Å². The van der Waals surface area contributed by atoms with E-state index in [0.29, 0.717) is 21.9 Å². The van der Waals surface area contributed by atoms with Crippen LogP contribution in [0.25, 0.3) is 10.9 Å². The van der Waals surface area contributed by atoms with E-state index in [2.05, 4.69) is 36.1 Å². The molecular weight excluding hydrogens is 359 g/mol. The summed E-state index contributed by atoms with van der Waals surface area (Å²) in [5, 5.41) is 4.37. The molecule has 1 aromatic heterocycles. The third-order valence-corrected chi connectivity index (χ3v) is 5.01. The topological polar surface area (TPSA) is 41.0 Å². The quantitative estimate of drug-likeness (QED) is 0.782. The van der Waals surface area contributed by atoms with Gasteiger partial charge in [-0.05, 0) is 52.5 Å². The fraction of sp³-hybridized carbons (Fsp3) is 0.429. The predicted molar refractivity (Wildman–Crippen MR) is 84.4 cm³/mol. The van der Waals surface area contributed by atoms with Crippen molar-refractivity contribution in [3.8, 4) is 0 Å². The van der Waals surface area contributed by atoms with Crippen molar-refractivity contribution in [2.45, 2.75) is 24.9 Å². The lowest BCUT2D eigenvalue weighted by molar-refractivity contribution is 0.464. The largest absolute Gasteiger partial charge is 0.353 e. The SMILES string of the molecule is Fc1c(Br)ccc2c(N3CC4CCC(C3)N4)nc(Cl)nc12. The van der Waals surface area contributed by atoms with Crippen molar-refractivity contribution in [1.29, 1.82) is 0 Å². The summed E-state index contributed by atoms with van der Waals surface area (Å²) in [5.74, 6) is 0.339. The van der Waals surface area contributed by atoms with Crippen LogP contribution in [-0.4, -0.2) is 35.1 Å². The molecule has 3 heterocycles. The predicted octanol–water partition coefficient (Wildman–Crippen LogP) is 3.13. The highest BCUT2D eigenvalue weighted by Crippen LogP contribution is 2.33. The van der Waals surface area contributed by atoms with Gasteiger partial charge < -0.3 is 10.2 Å². The van der Waals surface area contributed by atoms with Crippen LogP contribution in [0.5, 0.6) is 0 Å². The van der Waals surface area contributed by atoms with E-state index in [1.54, 1.807) is 6.07 Å². The van der Waals surface area contributed by atoms with Crippen LogP contribution in [0.2, 0.25) is 5.28 Å². The Morgan fingerprint density at radius 1 is 1.24 bits per heavy atom. The van der Waals surface area contributed by atoms with Gasteiger partial charge >= 0.3 is 0 Å². The van der Waals surface area contributed by atoms with Crippen molar-refractivity contribution >= 4 is 44.3 Å². The molecular formula is C14H13BrClFN4. The van der Waals surface area contributed by atoms with Crippen LogP contribution in [0.3, 0.4) is 0 Å². The Morgan fingerprint density at radius 3 is 2.67 bits per heavy atom. The Labute approximate surface area is 134 Å². The number of rotatable bonds is 1. The standard InChI is InChI=1S/C14H13BrClFN4/c15-10-4-3-9-12(11(10)17)19-14(16)20-13(9)21-5-7-1-2-8(6-21)18-7/h3-4,7-8,18H,1-2,5-6H2. The van der Waals surface area contributed by atoms with E-state index in [1.807, 2.05) is 6.07 Å². The van der Waals surface area contributed by atoms with Crippen molar-refractivity contribution in [1.82, 2.24) is 15.3 Å². The first-order valence-electron chi connectivity index (χ1n) is 6.94. The van der Waals surface area contributed by atoms with Crippen LogP contribution in [0.1, 0.15) is 12.8 Å². The number of piperazine rings is 1. The summed E-state index contributed by atoms with van der Waals surface area (Å²) in [7, 11) is 0. The Morgan fingerprint density at radius 2 is 1.95 bits per heavy atom. The summed E-state index contributed by atoms with van der Waals surface area (Å²) in [6.45, 7) is 1.74. The van der Waals surface area contributed by atoms with Crippen LogP contribution in [-0.2, 0) is 0 Å². The summed E-state index contributed by atoms with van der Waals surface area (Å²) in [5.41, 5.74) is 0.269. The summed E-state index contributed by atoms with van der Waals surface area (Å²) in [6, 6.07) is 4.49. The number of aromatic nitrogens is 2. The van der Waals surface area contributed by atoms with E-state index in [9.17, 15) is 4.39 Å². The maximum Gasteiger partial charge on any atom is 0.225 e. The van der Waals surface area contributed by atoms with Gasteiger partial charge in [0.25, 0.3) is 0 Å². The Hall–Kier alpha value is -0.980. The van der Waals surface area contributed by atoms with Crippen LogP contribution in [0, 0.1) is 5.82 Å². The second kappa shape index (κ2) is 5.04. The first kappa shape index (κ1) is 13.7. The number of fused-ring (bicyclic) bond motifs is 3. The van der Waals surface area contributed by atoms with Gasteiger partial charge in [-0.25, -0.2) is 9.37 Å². The van der Waals surface area contributed by atoms with Crippen molar-refractivity contribution in [3.05, 3.63) is 27.7 Å². The molecule has 2 bridgehead atoms.